The lowest BCUT2D eigenvalue weighted by atomic mass is 10.1. The molecule has 0 fully saturated rings. The molecule has 0 aromatic carbocycles. The zero-order valence-electron chi connectivity index (χ0n) is 8.59. The molecule has 0 amide bonds. The molecule has 15 heavy (non-hydrogen) atoms. The Morgan fingerprint density at radius 2 is 2.33 bits per heavy atom. The molecule has 0 aliphatic heterocycles. The molecule has 0 saturated heterocycles. The Morgan fingerprint density at radius 1 is 1.53 bits per heavy atom. The van der Waals surface area contributed by atoms with Crippen LogP contribution in [0.4, 0.5) is 0 Å². The molecule has 5 heteroatoms. The van der Waals surface area contributed by atoms with Crippen molar-refractivity contribution in [3.8, 4) is 0 Å². The third-order valence-corrected chi connectivity index (χ3v) is 2.34. The third kappa shape index (κ3) is 1.84. The Hall–Kier alpha value is -1.46. The monoisotopic (exact) mass is 206 g/mol. The van der Waals surface area contributed by atoms with Gasteiger partial charge in [-0.25, -0.2) is 9.50 Å². The Bertz CT molecular complexity index is 465. The molecule has 0 spiro atoms. The minimum Gasteiger partial charge on any atom is -0.394 e. The van der Waals surface area contributed by atoms with E-state index in [0.29, 0.717) is 0 Å². The van der Waals surface area contributed by atoms with Crippen molar-refractivity contribution in [2.24, 2.45) is 5.73 Å². The van der Waals surface area contributed by atoms with Crippen LogP contribution in [0.1, 0.15) is 24.4 Å². The lowest BCUT2D eigenvalue weighted by molar-refractivity contribution is 0.267. The van der Waals surface area contributed by atoms with E-state index in [1.165, 1.54) is 0 Å². The Kier molecular flexibility index (Phi) is 2.66. The van der Waals surface area contributed by atoms with Gasteiger partial charge in [-0.2, -0.15) is 5.10 Å². The first-order valence-corrected chi connectivity index (χ1v) is 4.96. The highest BCUT2D eigenvalue weighted by atomic mass is 16.3. The second kappa shape index (κ2) is 3.96. The largest absolute Gasteiger partial charge is 0.394 e. The number of aryl methyl sites for hydroxylation is 1. The molecule has 2 rings (SSSR count). The summed E-state index contributed by atoms with van der Waals surface area (Å²) < 4.78 is 1.70. The van der Waals surface area contributed by atoms with Crippen LogP contribution in [-0.2, 0) is 6.42 Å². The summed E-state index contributed by atoms with van der Waals surface area (Å²) in [5, 5.41) is 13.2. The fourth-order valence-corrected chi connectivity index (χ4v) is 1.42. The molecule has 2 aromatic heterocycles. The van der Waals surface area contributed by atoms with Crippen LogP contribution < -0.4 is 5.73 Å². The van der Waals surface area contributed by atoms with Gasteiger partial charge >= 0.3 is 0 Å². The van der Waals surface area contributed by atoms with Crippen LogP contribution in [0, 0.1) is 0 Å². The number of nitrogens with two attached hydrogens (primary N) is 1. The van der Waals surface area contributed by atoms with Gasteiger partial charge in [-0.3, -0.25) is 0 Å². The van der Waals surface area contributed by atoms with E-state index in [2.05, 4.69) is 10.1 Å². The number of hydrogen-bond acceptors (Lipinski definition) is 4. The predicted octanol–water partition coefficient (Wildman–Crippen LogP) is 0.284. The highest BCUT2D eigenvalue weighted by molar-refractivity contribution is 5.39. The standard InChI is InChI=1S/C10H14N4O/c1-2-9-12-10-4-3-7(8(11)6-15)5-14(10)13-9/h3-5,8,15H,2,6,11H2,1H3. The fourth-order valence-electron chi connectivity index (χ4n) is 1.42. The number of aromatic nitrogens is 3. The predicted molar refractivity (Wildman–Crippen MR) is 56.4 cm³/mol. The molecule has 3 N–H and O–H groups in total. The number of fused-ring (bicyclic) bond motifs is 1. The first-order valence-electron chi connectivity index (χ1n) is 4.96. The number of aliphatic hydroxyl groups is 1. The summed E-state index contributed by atoms with van der Waals surface area (Å²) in [5.74, 6) is 0.810. The van der Waals surface area contributed by atoms with Gasteiger partial charge in [-0.1, -0.05) is 13.0 Å². The third-order valence-electron chi connectivity index (χ3n) is 2.34. The van der Waals surface area contributed by atoms with E-state index in [4.69, 9.17) is 10.8 Å². The quantitative estimate of drug-likeness (QED) is 0.756. The average molecular weight is 206 g/mol. The Morgan fingerprint density at radius 3 is 3.00 bits per heavy atom. The van der Waals surface area contributed by atoms with Crippen molar-refractivity contribution in [1.82, 2.24) is 14.6 Å². The maximum absolute atomic E-state index is 8.94. The zero-order valence-corrected chi connectivity index (χ0v) is 8.59. The van der Waals surface area contributed by atoms with Gasteiger partial charge in [0, 0.05) is 12.6 Å². The van der Waals surface area contributed by atoms with Crippen molar-refractivity contribution >= 4 is 5.65 Å². The summed E-state index contributed by atoms with van der Waals surface area (Å²) in [7, 11) is 0. The van der Waals surface area contributed by atoms with E-state index < -0.39 is 0 Å². The molecular formula is C10H14N4O. The highest BCUT2D eigenvalue weighted by Crippen LogP contribution is 2.11. The molecule has 0 radical (unpaired) electrons. The topological polar surface area (TPSA) is 76.4 Å². The molecule has 0 saturated carbocycles. The maximum Gasteiger partial charge on any atom is 0.155 e. The van der Waals surface area contributed by atoms with Gasteiger partial charge in [0.25, 0.3) is 0 Å². The van der Waals surface area contributed by atoms with Crippen LogP contribution in [0.15, 0.2) is 18.3 Å². The van der Waals surface area contributed by atoms with Crippen molar-refractivity contribution in [3.63, 3.8) is 0 Å². The van der Waals surface area contributed by atoms with E-state index in [0.717, 1.165) is 23.5 Å². The van der Waals surface area contributed by atoms with Gasteiger partial charge in [0.1, 0.15) is 0 Å². The summed E-state index contributed by atoms with van der Waals surface area (Å²) in [4.78, 5) is 4.31. The molecule has 2 heterocycles. The van der Waals surface area contributed by atoms with Gasteiger partial charge in [0.15, 0.2) is 11.5 Å². The number of hydrogen-bond donors (Lipinski definition) is 2. The number of aliphatic hydroxyl groups excluding tert-OH is 1. The van der Waals surface area contributed by atoms with Gasteiger partial charge in [-0.15, -0.1) is 0 Å². The molecule has 1 atom stereocenters. The van der Waals surface area contributed by atoms with Gasteiger partial charge in [0.2, 0.25) is 0 Å². The average Bonchev–Trinajstić information content (AvgIpc) is 2.69. The molecule has 1 unspecified atom stereocenters. The summed E-state index contributed by atoms with van der Waals surface area (Å²) in [6, 6.07) is 3.37. The zero-order chi connectivity index (χ0) is 10.8. The van der Waals surface area contributed by atoms with Crippen LogP contribution in [0.25, 0.3) is 5.65 Å². The first-order chi connectivity index (χ1) is 7.24. The van der Waals surface area contributed by atoms with Crippen LogP contribution >= 0.6 is 0 Å². The number of nitrogens with zero attached hydrogens (tertiary/aromatic N) is 3. The SMILES string of the molecule is CCc1nc2ccc(C(N)CO)cn2n1. The van der Waals surface area contributed by atoms with E-state index >= 15 is 0 Å². The summed E-state index contributed by atoms with van der Waals surface area (Å²) in [6.45, 7) is 1.94. The summed E-state index contributed by atoms with van der Waals surface area (Å²) >= 11 is 0. The second-order valence-corrected chi connectivity index (χ2v) is 3.44. The highest BCUT2D eigenvalue weighted by Gasteiger charge is 2.07. The second-order valence-electron chi connectivity index (χ2n) is 3.44. The molecule has 0 aliphatic rings. The van der Waals surface area contributed by atoms with Gasteiger partial charge in [0.05, 0.1) is 12.6 Å². The number of pyridine rings is 1. The minimum absolute atomic E-state index is 0.0686. The van der Waals surface area contributed by atoms with E-state index in [9.17, 15) is 0 Å². The molecule has 80 valence electrons. The molecular weight excluding hydrogens is 192 g/mol. The first kappa shape index (κ1) is 10.1. The Balaban J connectivity index is 2.45. The van der Waals surface area contributed by atoms with Crippen molar-refractivity contribution < 1.29 is 5.11 Å². The van der Waals surface area contributed by atoms with Crippen LogP contribution in [0.2, 0.25) is 0 Å². The normalized spacial score (nSPS) is 13.3. The van der Waals surface area contributed by atoms with Crippen LogP contribution in [-0.4, -0.2) is 26.3 Å². The molecule has 5 nitrogen and oxygen atoms in total. The molecule has 2 aromatic rings. The maximum atomic E-state index is 8.94. The van der Waals surface area contributed by atoms with Crippen molar-refractivity contribution in [2.45, 2.75) is 19.4 Å². The van der Waals surface area contributed by atoms with Crippen LogP contribution in [0.5, 0.6) is 0 Å². The lowest BCUT2D eigenvalue weighted by Crippen LogP contribution is -2.15. The Labute approximate surface area is 87.6 Å². The minimum atomic E-state index is -0.358. The fraction of sp³-hybridized carbons (Fsp3) is 0.400. The van der Waals surface area contributed by atoms with Crippen LogP contribution in [0.3, 0.4) is 0 Å². The smallest absolute Gasteiger partial charge is 0.155 e. The van der Waals surface area contributed by atoms with Crippen molar-refractivity contribution in [3.05, 3.63) is 29.7 Å². The summed E-state index contributed by atoms with van der Waals surface area (Å²) in [6.07, 6.45) is 2.62. The van der Waals surface area contributed by atoms with E-state index in [-0.39, 0.29) is 12.6 Å². The van der Waals surface area contributed by atoms with E-state index in [1.807, 2.05) is 25.3 Å². The van der Waals surface area contributed by atoms with Crippen molar-refractivity contribution in [2.75, 3.05) is 6.61 Å². The lowest BCUT2D eigenvalue weighted by Gasteiger charge is -2.07. The molecule has 0 aliphatic carbocycles. The van der Waals surface area contributed by atoms with Crippen molar-refractivity contribution in [1.29, 1.82) is 0 Å². The molecule has 0 bridgehead atoms. The summed E-state index contributed by atoms with van der Waals surface area (Å²) in [5.41, 5.74) is 7.38. The van der Waals surface area contributed by atoms with E-state index in [1.54, 1.807) is 4.52 Å². The van der Waals surface area contributed by atoms with Gasteiger partial charge in [-0.05, 0) is 11.6 Å². The van der Waals surface area contributed by atoms with Gasteiger partial charge < -0.3 is 10.8 Å². The number of rotatable bonds is 3.